The normalized spacial score (nSPS) is 10.3. The highest BCUT2D eigenvalue weighted by atomic mass is 19.1. The third kappa shape index (κ3) is 4.50. The lowest BCUT2D eigenvalue weighted by atomic mass is 10.1. The minimum absolute atomic E-state index is 0.00755. The van der Waals surface area contributed by atoms with Gasteiger partial charge in [-0.2, -0.15) is 0 Å². The molecule has 0 saturated heterocycles. The first-order valence-corrected chi connectivity index (χ1v) is 6.61. The van der Waals surface area contributed by atoms with Crippen molar-refractivity contribution in [2.45, 2.75) is 33.1 Å². The molecule has 0 aromatic heterocycles. The number of rotatable bonds is 7. The lowest BCUT2D eigenvalue weighted by molar-refractivity contribution is 0.0952. The number of anilines is 1. The van der Waals surface area contributed by atoms with E-state index in [1.54, 1.807) is 6.92 Å². The molecule has 106 valence electrons. The van der Waals surface area contributed by atoms with Crippen LogP contribution in [0.1, 0.15) is 43.5 Å². The third-order valence-corrected chi connectivity index (χ3v) is 2.72. The Morgan fingerprint density at radius 3 is 2.32 bits per heavy atom. The van der Waals surface area contributed by atoms with Gasteiger partial charge in [0, 0.05) is 18.7 Å². The van der Waals surface area contributed by atoms with E-state index in [1.807, 2.05) is 0 Å². The number of carbonyl (C=O) groups excluding carboxylic acids is 1. The summed E-state index contributed by atoms with van der Waals surface area (Å²) in [5, 5.41) is 5.24. The first-order valence-electron chi connectivity index (χ1n) is 6.61. The van der Waals surface area contributed by atoms with Crippen LogP contribution in [0.3, 0.4) is 0 Å². The molecular weight excluding hydrogens is 250 g/mol. The molecule has 19 heavy (non-hydrogen) atoms. The molecule has 0 aliphatic carbocycles. The molecule has 1 aromatic carbocycles. The number of carbonyl (C=O) groups is 1. The number of hydrogen-bond acceptors (Lipinski definition) is 2. The van der Waals surface area contributed by atoms with Gasteiger partial charge in [0.25, 0.3) is 5.91 Å². The number of unbranched alkanes of at least 4 members (excludes halogenated alkanes) is 2. The summed E-state index contributed by atoms with van der Waals surface area (Å²) in [6.45, 7) is 4.74. The molecule has 0 aliphatic heterocycles. The summed E-state index contributed by atoms with van der Waals surface area (Å²) in [7, 11) is 0. The van der Waals surface area contributed by atoms with Gasteiger partial charge in [0.1, 0.15) is 17.3 Å². The molecule has 1 aromatic rings. The number of hydrogen-bond donors (Lipinski definition) is 2. The Hall–Kier alpha value is -1.65. The van der Waals surface area contributed by atoms with Gasteiger partial charge >= 0.3 is 0 Å². The van der Waals surface area contributed by atoms with Crippen molar-refractivity contribution in [2.24, 2.45) is 0 Å². The lowest BCUT2D eigenvalue weighted by Crippen LogP contribution is -2.24. The van der Waals surface area contributed by atoms with Crippen molar-refractivity contribution in [2.75, 3.05) is 18.4 Å². The molecule has 1 amide bonds. The average molecular weight is 270 g/mol. The van der Waals surface area contributed by atoms with Gasteiger partial charge in [0.15, 0.2) is 0 Å². The molecule has 0 fully saturated rings. The molecule has 5 heteroatoms. The van der Waals surface area contributed by atoms with Crippen molar-refractivity contribution < 1.29 is 13.6 Å². The quantitative estimate of drug-likeness (QED) is 0.746. The predicted molar refractivity (Wildman–Crippen MR) is 72.4 cm³/mol. The molecule has 0 radical (unpaired) electrons. The van der Waals surface area contributed by atoms with Crippen LogP contribution in [-0.2, 0) is 0 Å². The van der Waals surface area contributed by atoms with Crippen molar-refractivity contribution in [3.8, 4) is 0 Å². The van der Waals surface area contributed by atoms with Crippen LogP contribution < -0.4 is 10.6 Å². The highest BCUT2D eigenvalue weighted by Gasteiger charge is 2.14. The Kier molecular flexibility index (Phi) is 6.25. The van der Waals surface area contributed by atoms with E-state index in [0.29, 0.717) is 13.1 Å². The minimum Gasteiger partial charge on any atom is -0.381 e. The number of nitrogens with one attached hydrogen (secondary N) is 2. The fraction of sp³-hybridized carbons (Fsp3) is 0.500. The molecule has 3 nitrogen and oxygen atoms in total. The highest BCUT2D eigenvalue weighted by Crippen LogP contribution is 2.20. The molecule has 0 aliphatic rings. The van der Waals surface area contributed by atoms with E-state index in [1.165, 1.54) is 0 Å². The Morgan fingerprint density at radius 2 is 1.79 bits per heavy atom. The van der Waals surface area contributed by atoms with Crippen LogP contribution in [-0.4, -0.2) is 19.0 Å². The van der Waals surface area contributed by atoms with Gasteiger partial charge in [-0.25, -0.2) is 8.78 Å². The fourth-order valence-corrected chi connectivity index (χ4v) is 1.73. The smallest absolute Gasteiger partial charge is 0.251 e. The zero-order chi connectivity index (χ0) is 14.3. The van der Waals surface area contributed by atoms with Crippen LogP contribution in [0.15, 0.2) is 12.1 Å². The number of halogens is 2. The average Bonchev–Trinajstić information content (AvgIpc) is 2.38. The highest BCUT2D eigenvalue weighted by molar-refractivity contribution is 5.94. The summed E-state index contributed by atoms with van der Waals surface area (Å²) >= 11 is 0. The second-order valence-corrected chi connectivity index (χ2v) is 4.31. The van der Waals surface area contributed by atoms with Crippen LogP contribution in [0.5, 0.6) is 0 Å². The van der Waals surface area contributed by atoms with Crippen molar-refractivity contribution in [1.82, 2.24) is 5.32 Å². The molecular formula is C14H20F2N2O. The second-order valence-electron chi connectivity index (χ2n) is 4.31. The maximum absolute atomic E-state index is 13.6. The van der Waals surface area contributed by atoms with Crippen molar-refractivity contribution in [3.63, 3.8) is 0 Å². The van der Waals surface area contributed by atoms with E-state index in [-0.39, 0.29) is 11.3 Å². The summed E-state index contributed by atoms with van der Waals surface area (Å²) in [6, 6.07) is 2.10. The van der Waals surface area contributed by atoms with Crippen LogP contribution in [0.2, 0.25) is 0 Å². The molecule has 0 atom stereocenters. The van der Waals surface area contributed by atoms with Crippen LogP contribution in [0, 0.1) is 11.6 Å². The van der Waals surface area contributed by atoms with Crippen molar-refractivity contribution in [1.29, 1.82) is 0 Å². The zero-order valence-electron chi connectivity index (χ0n) is 11.4. The summed E-state index contributed by atoms with van der Waals surface area (Å²) in [5.74, 6) is -1.95. The van der Waals surface area contributed by atoms with Crippen molar-refractivity contribution >= 4 is 11.6 Å². The third-order valence-electron chi connectivity index (χ3n) is 2.72. The van der Waals surface area contributed by atoms with Crippen LogP contribution in [0.4, 0.5) is 14.5 Å². The number of benzene rings is 1. The molecule has 0 unspecified atom stereocenters. The van der Waals surface area contributed by atoms with Gasteiger partial charge in [-0.3, -0.25) is 4.79 Å². The second kappa shape index (κ2) is 7.71. The fourth-order valence-electron chi connectivity index (χ4n) is 1.73. The van der Waals surface area contributed by atoms with Gasteiger partial charge in [0.05, 0.1) is 0 Å². The molecule has 0 spiro atoms. The largest absolute Gasteiger partial charge is 0.381 e. The molecule has 1 rings (SSSR count). The number of amides is 1. The van der Waals surface area contributed by atoms with E-state index in [0.717, 1.165) is 31.4 Å². The molecule has 2 N–H and O–H groups in total. The van der Waals surface area contributed by atoms with Crippen molar-refractivity contribution in [3.05, 3.63) is 29.3 Å². The SMILES string of the molecule is CCCCCNC(=O)c1cc(F)c(NCC)c(F)c1. The summed E-state index contributed by atoms with van der Waals surface area (Å²) < 4.78 is 27.2. The van der Waals surface area contributed by atoms with E-state index in [2.05, 4.69) is 17.6 Å². The standard InChI is InChI=1S/C14H20F2N2O/c1-3-5-6-7-18-14(19)10-8-11(15)13(17-4-2)12(16)9-10/h8-9,17H,3-7H2,1-2H3,(H,18,19). The minimum atomic E-state index is -0.749. The Labute approximate surface area is 112 Å². The molecule has 0 heterocycles. The van der Waals surface area contributed by atoms with E-state index in [9.17, 15) is 13.6 Å². The Balaban J connectivity index is 2.71. The van der Waals surface area contributed by atoms with E-state index >= 15 is 0 Å². The van der Waals surface area contributed by atoms with Gasteiger partial charge in [-0.15, -0.1) is 0 Å². The van der Waals surface area contributed by atoms with Gasteiger partial charge < -0.3 is 10.6 Å². The summed E-state index contributed by atoms with van der Waals surface area (Å²) in [5.41, 5.74) is -0.182. The maximum Gasteiger partial charge on any atom is 0.251 e. The lowest BCUT2D eigenvalue weighted by Gasteiger charge is -2.09. The monoisotopic (exact) mass is 270 g/mol. The zero-order valence-corrected chi connectivity index (χ0v) is 11.4. The topological polar surface area (TPSA) is 41.1 Å². The predicted octanol–water partition coefficient (Wildman–Crippen LogP) is 3.32. The first-order chi connectivity index (χ1) is 9.10. The van der Waals surface area contributed by atoms with Gasteiger partial charge in [-0.05, 0) is 25.5 Å². The molecule has 0 bridgehead atoms. The van der Waals surface area contributed by atoms with Crippen LogP contribution >= 0.6 is 0 Å². The Bertz CT molecular complexity index is 412. The van der Waals surface area contributed by atoms with E-state index < -0.39 is 17.5 Å². The van der Waals surface area contributed by atoms with Gasteiger partial charge in [-0.1, -0.05) is 19.8 Å². The summed E-state index contributed by atoms with van der Waals surface area (Å²) in [6.07, 6.45) is 2.93. The summed E-state index contributed by atoms with van der Waals surface area (Å²) in [4.78, 5) is 11.7. The van der Waals surface area contributed by atoms with Gasteiger partial charge in [0.2, 0.25) is 0 Å². The van der Waals surface area contributed by atoms with E-state index in [4.69, 9.17) is 0 Å². The maximum atomic E-state index is 13.6. The first kappa shape index (κ1) is 15.4. The molecule has 0 saturated carbocycles. The van der Waals surface area contributed by atoms with Crippen LogP contribution in [0.25, 0.3) is 0 Å². The Morgan fingerprint density at radius 1 is 1.16 bits per heavy atom.